The molecule has 1 aromatic carbocycles. The lowest BCUT2D eigenvalue weighted by atomic mass is 10.1. The highest BCUT2D eigenvalue weighted by Crippen LogP contribution is 2.16. The molecule has 30 heavy (non-hydrogen) atoms. The van der Waals surface area contributed by atoms with Gasteiger partial charge in [0.1, 0.15) is 6.04 Å². The fourth-order valence-corrected chi connectivity index (χ4v) is 3.19. The topological polar surface area (TPSA) is 87.3 Å². The normalized spacial score (nSPS) is 10.9. The third-order valence-electron chi connectivity index (χ3n) is 4.17. The molecule has 168 valence electrons. The van der Waals surface area contributed by atoms with E-state index >= 15 is 0 Å². The van der Waals surface area contributed by atoms with Crippen molar-refractivity contribution in [1.29, 1.82) is 0 Å². The molecule has 0 aliphatic carbocycles. The number of amides is 1. The van der Waals surface area contributed by atoms with E-state index in [4.69, 9.17) is 27.9 Å². The summed E-state index contributed by atoms with van der Waals surface area (Å²) in [7, 11) is 1.29. The number of halogens is 4. The maximum atomic E-state index is 12.4. The molecular formula is C19H26Cl4N4O3. The summed E-state index contributed by atoms with van der Waals surface area (Å²) in [5, 5.41) is 2.73. The Labute approximate surface area is 198 Å². The molecule has 0 aliphatic rings. The highest BCUT2D eigenvalue weighted by Gasteiger charge is 2.22. The number of benzene rings is 1. The number of aromatic amines is 1. The number of esters is 1. The van der Waals surface area contributed by atoms with Gasteiger partial charge in [0.25, 0.3) is 0 Å². The first-order chi connectivity index (χ1) is 13.6. The number of ether oxygens (including phenoxy) is 1. The van der Waals surface area contributed by atoms with Crippen LogP contribution < -0.4 is 10.2 Å². The van der Waals surface area contributed by atoms with Crippen LogP contribution in [0.1, 0.15) is 11.3 Å². The van der Waals surface area contributed by atoms with Crippen molar-refractivity contribution in [2.75, 3.05) is 36.9 Å². The molecule has 0 bridgehead atoms. The number of imidazole rings is 1. The Kier molecular flexibility index (Phi) is 14.3. The fourth-order valence-electron chi connectivity index (χ4n) is 2.78. The van der Waals surface area contributed by atoms with E-state index in [1.54, 1.807) is 6.20 Å². The maximum absolute atomic E-state index is 12.4. The monoisotopic (exact) mass is 498 g/mol. The number of carbonyl (C=O) groups excluding carboxylic acids is 2. The van der Waals surface area contributed by atoms with Crippen molar-refractivity contribution in [3.8, 4) is 0 Å². The molecular weight excluding hydrogens is 474 g/mol. The molecule has 0 spiro atoms. The van der Waals surface area contributed by atoms with Crippen LogP contribution in [0.3, 0.4) is 0 Å². The Morgan fingerprint density at radius 2 is 1.80 bits per heavy atom. The minimum atomic E-state index is -0.778. The molecule has 11 heteroatoms. The van der Waals surface area contributed by atoms with E-state index in [1.165, 1.54) is 13.4 Å². The van der Waals surface area contributed by atoms with Crippen molar-refractivity contribution in [1.82, 2.24) is 15.3 Å². The highest BCUT2D eigenvalue weighted by atomic mass is 35.5. The summed E-state index contributed by atoms with van der Waals surface area (Å²) >= 11 is 11.7. The van der Waals surface area contributed by atoms with Crippen LogP contribution in [0.2, 0.25) is 0 Å². The van der Waals surface area contributed by atoms with Gasteiger partial charge < -0.3 is 19.9 Å². The number of alkyl halides is 2. The van der Waals surface area contributed by atoms with Gasteiger partial charge in [0.2, 0.25) is 5.91 Å². The van der Waals surface area contributed by atoms with Gasteiger partial charge >= 0.3 is 5.97 Å². The second kappa shape index (κ2) is 15.2. The second-order valence-electron chi connectivity index (χ2n) is 6.13. The van der Waals surface area contributed by atoms with E-state index in [-0.39, 0.29) is 43.6 Å². The van der Waals surface area contributed by atoms with Crippen LogP contribution >= 0.6 is 48.0 Å². The predicted octanol–water partition coefficient (Wildman–Crippen LogP) is 2.98. The van der Waals surface area contributed by atoms with E-state index in [0.717, 1.165) is 16.9 Å². The number of anilines is 1. The molecule has 2 aromatic rings. The van der Waals surface area contributed by atoms with Gasteiger partial charge in [-0.05, 0) is 17.7 Å². The maximum Gasteiger partial charge on any atom is 0.328 e. The van der Waals surface area contributed by atoms with Gasteiger partial charge in [-0.1, -0.05) is 12.1 Å². The molecule has 7 nitrogen and oxygen atoms in total. The van der Waals surface area contributed by atoms with Crippen molar-refractivity contribution in [2.24, 2.45) is 0 Å². The zero-order chi connectivity index (χ0) is 20.4. The Balaban J connectivity index is 0.00000420. The summed E-state index contributed by atoms with van der Waals surface area (Å²) in [6, 6.07) is 6.85. The van der Waals surface area contributed by atoms with Gasteiger partial charge in [0.15, 0.2) is 0 Å². The van der Waals surface area contributed by atoms with E-state index in [9.17, 15) is 9.59 Å². The molecule has 2 N–H and O–H groups in total. The van der Waals surface area contributed by atoms with E-state index in [2.05, 4.69) is 20.2 Å². The Bertz CT molecular complexity index is 739. The van der Waals surface area contributed by atoms with Crippen LogP contribution in [0.4, 0.5) is 5.69 Å². The number of hydrogen-bond acceptors (Lipinski definition) is 5. The van der Waals surface area contributed by atoms with Crippen LogP contribution in [-0.4, -0.2) is 59.8 Å². The van der Waals surface area contributed by atoms with Crippen molar-refractivity contribution < 1.29 is 14.3 Å². The lowest BCUT2D eigenvalue weighted by molar-refractivity contribution is -0.145. The summed E-state index contributed by atoms with van der Waals surface area (Å²) in [4.78, 5) is 33.3. The Hall–Kier alpha value is -1.67. The van der Waals surface area contributed by atoms with Gasteiger partial charge in [0, 0.05) is 48.8 Å². The van der Waals surface area contributed by atoms with Crippen molar-refractivity contribution in [3.63, 3.8) is 0 Å². The van der Waals surface area contributed by atoms with E-state index in [1.807, 2.05) is 24.3 Å². The van der Waals surface area contributed by atoms with E-state index in [0.29, 0.717) is 24.8 Å². The van der Waals surface area contributed by atoms with Gasteiger partial charge in [0.05, 0.1) is 19.9 Å². The summed E-state index contributed by atoms with van der Waals surface area (Å²) < 4.78 is 4.79. The summed E-state index contributed by atoms with van der Waals surface area (Å²) in [6.45, 7) is 1.39. The molecule has 1 heterocycles. The lowest BCUT2D eigenvalue weighted by Gasteiger charge is -2.23. The summed E-state index contributed by atoms with van der Waals surface area (Å²) in [5.41, 5.74) is 2.57. The number of methoxy groups -OCH3 is 1. The molecule has 0 saturated carbocycles. The highest BCUT2D eigenvalue weighted by molar-refractivity contribution is 6.18. The lowest BCUT2D eigenvalue weighted by Crippen LogP contribution is -2.43. The van der Waals surface area contributed by atoms with Crippen molar-refractivity contribution in [3.05, 3.63) is 48.0 Å². The van der Waals surface area contributed by atoms with Crippen LogP contribution in [0.5, 0.6) is 0 Å². The number of carbonyl (C=O) groups is 2. The minimum Gasteiger partial charge on any atom is -0.467 e. The van der Waals surface area contributed by atoms with Gasteiger partial charge in [-0.2, -0.15) is 0 Å². The number of rotatable bonds is 11. The van der Waals surface area contributed by atoms with Gasteiger partial charge in [-0.3, -0.25) is 4.79 Å². The number of H-pyrrole nitrogens is 1. The van der Waals surface area contributed by atoms with Crippen LogP contribution in [0.25, 0.3) is 0 Å². The smallest absolute Gasteiger partial charge is 0.328 e. The predicted molar refractivity (Wildman–Crippen MR) is 125 cm³/mol. The molecule has 2 rings (SSSR count). The van der Waals surface area contributed by atoms with Crippen LogP contribution in [0.15, 0.2) is 36.8 Å². The van der Waals surface area contributed by atoms with Crippen LogP contribution in [-0.2, 0) is 27.2 Å². The molecule has 1 atom stereocenters. The van der Waals surface area contributed by atoms with E-state index < -0.39 is 12.0 Å². The first-order valence-electron chi connectivity index (χ1n) is 8.87. The Morgan fingerprint density at radius 3 is 2.30 bits per heavy atom. The summed E-state index contributed by atoms with van der Waals surface area (Å²) in [6.07, 6.45) is 3.56. The Morgan fingerprint density at radius 1 is 1.17 bits per heavy atom. The molecule has 1 unspecified atom stereocenters. The minimum absolute atomic E-state index is 0. The second-order valence-corrected chi connectivity index (χ2v) is 6.89. The standard InChI is InChI=1S/C19H24Cl2N4O3.2ClH/c1-28-19(27)17(11-15-12-22-13-23-15)24-18(26)10-14-2-4-16(5-3-14)25(8-6-20)9-7-21;;/h2-5,12-13,17H,6-11H2,1H3,(H,22,23)(H,24,26);2*1H. The van der Waals surface area contributed by atoms with Gasteiger partial charge in [-0.25, -0.2) is 9.78 Å². The third-order valence-corrected chi connectivity index (χ3v) is 4.51. The largest absolute Gasteiger partial charge is 0.467 e. The molecule has 0 fully saturated rings. The zero-order valence-electron chi connectivity index (χ0n) is 16.5. The number of nitrogens with one attached hydrogen (secondary N) is 2. The summed E-state index contributed by atoms with van der Waals surface area (Å²) in [5.74, 6) is 0.246. The average molecular weight is 500 g/mol. The van der Waals surface area contributed by atoms with Crippen LogP contribution in [0, 0.1) is 0 Å². The quantitative estimate of drug-likeness (QED) is 0.366. The molecule has 0 radical (unpaired) electrons. The van der Waals surface area contributed by atoms with Crippen molar-refractivity contribution >= 4 is 65.6 Å². The first-order valence-corrected chi connectivity index (χ1v) is 9.94. The number of hydrogen-bond donors (Lipinski definition) is 2. The SMILES string of the molecule is COC(=O)C(Cc1cnc[nH]1)NC(=O)Cc1ccc(N(CCCl)CCCl)cc1.Cl.Cl. The number of nitrogens with zero attached hydrogens (tertiary/aromatic N) is 2. The zero-order valence-corrected chi connectivity index (χ0v) is 19.6. The first kappa shape index (κ1) is 28.3. The average Bonchev–Trinajstić information content (AvgIpc) is 3.20. The third kappa shape index (κ3) is 9.00. The molecule has 0 saturated heterocycles. The molecule has 1 amide bonds. The molecule has 1 aromatic heterocycles. The van der Waals surface area contributed by atoms with Crippen molar-refractivity contribution in [2.45, 2.75) is 18.9 Å². The fraction of sp³-hybridized carbons (Fsp3) is 0.421. The van der Waals surface area contributed by atoms with Gasteiger partial charge in [-0.15, -0.1) is 48.0 Å². The molecule has 0 aliphatic heterocycles. The number of aromatic nitrogens is 2.